The summed E-state index contributed by atoms with van der Waals surface area (Å²) >= 11 is 0. The van der Waals surface area contributed by atoms with Gasteiger partial charge in [0.05, 0.1) is 29.8 Å². The van der Waals surface area contributed by atoms with E-state index in [1.165, 1.54) is 35.2 Å². The van der Waals surface area contributed by atoms with E-state index in [1.807, 2.05) is 24.3 Å². The number of ether oxygens (including phenoxy) is 2. The van der Waals surface area contributed by atoms with E-state index in [-0.39, 0.29) is 11.3 Å². The molecule has 3 aromatic carbocycles. The van der Waals surface area contributed by atoms with E-state index in [1.54, 1.807) is 18.2 Å². The van der Waals surface area contributed by atoms with Crippen LogP contribution in [0.2, 0.25) is 0 Å². The molecular weight excluding hydrogens is 447 g/mol. The summed E-state index contributed by atoms with van der Waals surface area (Å²) in [5.41, 5.74) is 3.26. The van der Waals surface area contributed by atoms with Crippen molar-refractivity contribution >= 4 is 16.6 Å². The maximum atomic E-state index is 13.3. The number of nitrogens with zero attached hydrogens (tertiary/aromatic N) is 3. The third-order valence-corrected chi connectivity index (χ3v) is 5.69. The largest absolute Gasteiger partial charge is 0.573 e. The fraction of sp³-hybridized carbons (Fsp3) is 0.200. The smallest absolute Gasteiger partial charge is 0.406 e. The maximum Gasteiger partial charge on any atom is 0.573 e. The summed E-state index contributed by atoms with van der Waals surface area (Å²) in [5.74, 6) is -0.313. The third-order valence-electron chi connectivity index (χ3n) is 5.69. The Morgan fingerprint density at radius 2 is 1.56 bits per heavy atom. The molecule has 174 valence electrons. The Bertz CT molecular complexity index is 1360. The molecular formula is C25H20F3N3O3. The lowest BCUT2D eigenvalue weighted by atomic mass is 10.0. The fourth-order valence-corrected chi connectivity index (χ4v) is 4.05. The van der Waals surface area contributed by atoms with Gasteiger partial charge in [0.1, 0.15) is 12.1 Å². The molecule has 0 saturated carbocycles. The van der Waals surface area contributed by atoms with Gasteiger partial charge in [0.2, 0.25) is 0 Å². The van der Waals surface area contributed by atoms with E-state index in [0.717, 1.165) is 18.8 Å². The molecule has 0 unspecified atom stereocenters. The van der Waals surface area contributed by atoms with E-state index in [4.69, 9.17) is 4.74 Å². The number of rotatable bonds is 4. The fourth-order valence-electron chi connectivity index (χ4n) is 4.05. The van der Waals surface area contributed by atoms with Crippen LogP contribution < -0.4 is 15.2 Å². The Balaban J connectivity index is 1.47. The lowest BCUT2D eigenvalue weighted by molar-refractivity contribution is -0.274. The number of hydrogen-bond acceptors (Lipinski definition) is 5. The van der Waals surface area contributed by atoms with Gasteiger partial charge in [0, 0.05) is 24.3 Å². The highest BCUT2D eigenvalue weighted by atomic mass is 19.4. The topological polar surface area (TPSA) is 56.6 Å². The van der Waals surface area contributed by atoms with Crippen molar-refractivity contribution in [3.05, 3.63) is 83.4 Å². The summed E-state index contributed by atoms with van der Waals surface area (Å²) in [6, 6.07) is 18.4. The van der Waals surface area contributed by atoms with Crippen LogP contribution in [-0.2, 0) is 4.74 Å². The lowest BCUT2D eigenvalue weighted by Gasteiger charge is -2.28. The zero-order valence-electron chi connectivity index (χ0n) is 18.0. The molecule has 0 amide bonds. The minimum Gasteiger partial charge on any atom is -0.406 e. The van der Waals surface area contributed by atoms with Crippen LogP contribution in [0.1, 0.15) is 0 Å². The van der Waals surface area contributed by atoms with Crippen LogP contribution in [0, 0.1) is 0 Å². The van der Waals surface area contributed by atoms with Gasteiger partial charge in [0.15, 0.2) is 0 Å². The summed E-state index contributed by atoms with van der Waals surface area (Å²) in [6.45, 7) is 3.03. The Hall–Kier alpha value is -3.85. The van der Waals surface area contributed by atoms with Gasteiger partial charge >= 0.3 is 6.36 Å². The lowest BCUT2D eigenvalue weighted by Crippen LogP contribution is -2.36. The summed E-state index contributed by atoms with van der Waals surface area (Å²) in [5, 5.41) is 0.410. The first-order valence-corrected chi connectivity index (χ1v) is 10.7. The van der Waals surface area contributed by atoms with Crippen LogP contribution in [-0.4, -0.2) is 42.2 Å². The molecule has 34 heavy (non-hydrogen) atoms. The molecule has 9 heteroatoms. The van der Waals surface area contributed by atoms with Crippen LogP contribution in [0.5, 0.6) is 5.75 Å². The van der Waals surface area contributed by atoms with Crippen molar-refractivity contribution in [2.24, 2.45) is 0 Å². The Kier molecular flexibility index (Phi) is 5.70. The molecule has 1 fully saturated rings. The molecule has 0 atom stereocenters. The number of para-hydroxylation sites is 1. The number of hydrogen-bond donors (Lipinski definition) is 0. The van der Waals surface area contributed by atoms with E-state index >= 15 is 0 Å². The quantitative estimate of drug-likeness (QED) is 0.432. The van der Waals surface area contributed by atoms with Crippen LogP contribution >= 0.6 is 0 Å². The predicted octanol–water partition coefficient (Wildman–Crippen LogP) is 4.79. The second kappa shape index (κ2) is 8.83. The van der Waals surface area contributed by atoms with Crippen molar-refractivity contribution in [3.8, 4) is 22.6 Å². The number of fused-ring (bicyclic) bond motifs is 1. The van der Waals surface area contributed by atoms with Gasteiger partial charge in [-0.1, -0.05) is 24.3 Å². The highest BCUT2D eigenvalue weighted by molar-refractivity contribution is 5.93. The zero-order valence-corrected chi connectivity index (χ0v) is 18.0. The molecule has 6 nitrogen and oxygen atoms in total. The van der Waals surface area contributed by atoms with E-state index < -0.39 is 6.36 Å². The van der Waals surface area contributed by atoms with E-state index in [0.29, 0.717) is 40.9 Å². The molecule has 0 radical (unpaired) electrons. The second-order valence-electron chi connectivity index (χ2n) is 7.81. The summed E-state index contributed by atoms with van der Waals surface area (Å²) in [4.78, 5) is 20.0. The number of halogens is 3. The van der Waals surface area contributed by atoms with Gasteiger partial charge in [-0.15, -0.1) is 13.2 Å². The normalized spacial score (nSPS) is 14.4. The number of aromatic nitrogens is 2. The van der Waals surface area contributed by atoms with Gasteiger partial charge in [-0.05, 0) is 48.0 Å². The van der Waals surface area contributed by atoms with Crippen molar-refractivity contribution in [1.82, 2.24) is 9.55 Å². The predicted molar refractivity (Wildman–Crippen MR) is 122 cm³/mol. The third kappa shape index (κ3) is 4.47. The molecule has 4 aromatic rings. The van der Waals surface area contributed by atoms with Crippen molar-refractivity contribution in [3.63, 3.8) is 0 Å². The van der Waals surface area contributed by atoms with Crippen molar-refractivity contribution < 1.29 is 22.6 Å². The Morgan fingerprint density at radius 1 is 0.882 bits per heavy atom. The SMILES string of the molecule is O=c1c2cccc(-c3ccc(OC(F)(F)F)cc3)c2ncn1-c1ccc(N2CCOCC2)cc1. The Labute approximate surface area is 192 Å². The molecule has 0 N–H and O–H groups in total. The van der Waals surface area contributed by atoms with Gasteiger partial charge in [-0.2, -0.15) is 0 Å². The van der Waals surface area contributed by atoms with Crippen LogP contribution in [0.25, 0.3) is 27.7 Å². The molecule has 2 heterocycles. The standard InChI is InChI=1S/C25H20F3N3O3/c26-25(27,28)34-20-10-4-17(5-11-20)21-2-1-3-22-23(21)29-16-31(24(22)32)19-8-6-18(7-9-19)30-12-14-33-15-13-30/h1-11,16H,12-15H2. The molecule has 0 aliphatic carbocycles. The average molecular weight is 467 g/mol. The summed E-state index contributed by atoms with van der Waals surface area (Å²) in [6.07, 6.45) is -3.28. The van der Waals surface area contributed by atoms with Crippen LogP contribution in [0.3, 0.4) is 0 Å². The first kappa shape index (κ1) is 22.0. The minimum absolute atomic E-state index is 0.233. The molecule has 1 aliphatic heterocycles. The molecule has 1 aliphatic rings. The molecule has 5 rings (SSSR count). The van der Waals surface area contributed by atoms with Gasteiger partial charge in [-0.25, -0.2) is 4.98 Å². The highest BCUT2D eigenvalue weighted by Gasteiger charge is 2.31. The van der Waals surface area contributed by atoms with Gasteiger partial charge < -0.3 is 14.4 Å². The number of alkyl halides is 3. The Morgan fingerprint density at radius 3 is 2.24 bits per heavy atom. The van der Waals surface area contributed by atoms with Crippen molar-refractivity contribution in [1.29, 1.82) is 0 Å². The first-order chi connectivity index (χ1) is 16.4. The number of anilines is 1. The molecule has 1 saturated heterocycles. The van der Waals surface area contributed by atoms with Crippen molar-refractivity contribution in [2.45, 2.75) is 6.36 Å². The van der Waals surface area contributed by atoms with E-state index in [9.17, 15) is 18.0 Å². The van der Waals surface area contributed by atoms with E-state index in [2.05, 4.69) is 14.6 Å². The molecule has 0 spiro atoms. The average Bonchev–Trinajstić information content (AvgIpc) is 2.84. The maximum absolute atomic E-state index is 13.3. The molecule has 1 aromatic heterocycles. The number of benzene rings is 3. The minimum atomic E-state index is -4.76. The first-order valence-electron chi connectivity index (χ1n) is 10.7. The summed E-state index contributed by atoms with van der Waals surface area (Å²) in [7, 11) is 0. The van der Waals surface area contributed by atoms with Gasteiger partial charge in [-0.3, -0.25) is 9.36 Å². The zero-order chi connectivity index (χ0) is 23.7. The summed E-state index contributed by atoms with van der Waals surface area (Å²) < 4.78 is 48.1. The highest BCUT2D eigenvalue weighted by Crippen LogP contribution is 2.29. The van der Waals surface area contributed by atoms with Gasteiger partial charge in [0.25, 0.3) is 5.56 Å². The second-order valence-corrected chi connectivity index (χ2v) is 7.81. The number of morpholine rings is 1. The molecule has 0 bridgehead atoms. The van der Waals surface area contributed by atoms with Crippen LogP contribution in [0.15, 0.2) is 77.9 Å². The monoisotopic (exact) mass is 467 g/mol. The van der Waals surface area contributed by atoms with Crippen molar-refractivity contribution in [2.75, 3.05) is 31.2 Å². The van der Waals surface area contributed by atoms with Crippen LogP contribution in [0.4, 0.5) is 18.9 Å².